The van der Waals surface area contributed by atoms with Gasteiger partial charge in [-0.2, -0.15) is 0 Å². The number of fused-ring (bicyclic) bond motifs is 2. The fourth-order valence-corrected chi connectivity index (χ4v) is 5.32. The van der Waals surface area contributed by atoms with Gasteiger partial charge >= 0.3 is 11.9 Å². The van der Waals surface area contributed by atoms with Crippen molar-refractivity contribution < 1.29 is 19.1 Å². The van der Waals surface area contributed by atoms with Crippen molar-refractivity contribution in [3.63, 3.8) is 0 Å². The van der Waals surface area contributed by atoms with Crippen LogP contribution in [0.5, 0.6) is 0 Å². The average molecular weight is 489 g/mol. The molecule has 0 aliphatic carbocycles. The monoisotopic (exact) mass is 488 g/mol. The minimum atomic E-state index is -0.286. The largest absolute Gasteiger partial charge is 0.465 e. The summed E-state index contributed by atoms with van der Waals surface area (Å²) in [5.74, 6) is -0.565. The van der Waals surface area contributed by atoms with Crippen LogP contribution in [0.3, 0.4) is 0 Å². The van der Waals surface area contributed by atoms with Crippen LogP contribution >= 0.6 is 38.6 Å². The lowest BCUT2D eigenvalue weighted by molar-refractivity contribution is 0.0597. The van der Waals surface area contributed by atoms with Crippen molar-refractivity contribution in [1.82, 2.24) is 0 Å². The lowest BCUT2D eigenvalue weighted by Gasteiger charge is -1.93. The molecule has 0 saturated carbocycles. The van der Waals surface area contributed by atoms with Crippen LogP contribution in [-0.4, -0.2) is 26.2 Å². The molecule has 0 amide bonds. The molecule has 4 nitrogen and oxygen atoms in total. The van der Waals surface area contributed by atoms with Crippen molar-refractivity contribution >= 4 is 76.8 Å². The van der Waals surface area contributed by atoms with Gasteiger partial charge in [0.2, 0.25) is 0 Å². The lowest BCUT2D eigenvalue weighted by atomic mass is 10.1. The molecule has 0 aliphatic rings. The summed E-state index contributed by atoms with van der Waals surface area (Å²) < 4.78 is 12.5. The van der Waals surface area contributed by atoms with E-state index in [2.05, 4.69) is 32.0 Å². The molecular formula is C22H17BrO4S2. The molecule has 0 bridgehead atoms. The summed E-state index contributed by atoms with van der Waals surface area (Å²) in [6, 6.07) is 15.5. The number of hydrogen-bond donors (Lipinski definition) is 0. The summed E-state index contributed by atoms with van der Waals surface area (Å²) in [6.07, 6.45) is 1.79. The number of methoxy groups -OCH3 is 2. The topological polar surface area (TPSA) is 52.6 Å². The Hall–Kier alpha value is -2.48. The van der Waals surface area contributed by atoms with E-state index in [-0.39, 0.29) is 11.9 Å². The molecule has 4 rings (SSSR count). The number of benzene rings is 2. The van der Waals surface area contributed by atoms with Gasteiger partial charge in [0.1, 0.15) is 9.75 Å². The van der Waals surface area contributed by atoms with E-state index in [1.165, 1.54) is 36.9 Å². The molecule has 0 saturated heterocycles. The van der Waals surface area contributed by atoms with E-state index in [4.69, 9.17) is 0 Å². The molecule has 2 aromatic carbocycles. The number of ether oxygens (including phenoxy) is 2. The Morgan fingerprint density at radius 2 is 1.41 bits per heavy atom. The fourth-order valence-electron chi connectivity index (χ4n) is 2.69. The van der Waals surface area contributed by atoms with Gasteiger partial charge in [-0.3, -0.25) is 0 Å². The van der Waals surface area contributed by atoms with Gasteiger partial charge in [-0.25, -0.2) is 9.59 Å². The van der Waals surface area contributed by atoms with Crippen LogP contribution in [0.25, 0.3) is 26.2 Å². The van der Waals surface area contributed by atoms with E-state index in [1.54, 1.807) is 6.08 Å². The second kappa shape index (κ2) is 9.35. The first-order valence-corrected chi connectivity index (χ1v) is 10.9. The minimum absolute atomic E-state index is 0.280. The maximum atomic E-state index is 11.3. The number of esters is 2. The molecule has 2 aromatic heterocycles. The van der Waals surface area contributed by atoms with Gasteiger partial charge in [-0.05, 0) is 35.9 Å². The smallest absolute Gasteiger partial charge is 0.348 e. The van der Waals surface area contributed by atoms with Crippen LogP contribution < -0.4 is 0 Å². The van der Waals surface area contributed by atoms with Crippen molar-refractivity contribution in [2.45, 2.75) is 0 Å². The van der Waals surface area contributed by atoms with E-state index >= 15 is 0 Å². The number of rotatable bonds is 3. The predicted octanol–water partition coefficient (Wildman–Crippen LogP) is 6.78. The molecule has 0 N–H and O–H groups in total. The molecule has 4 aromatic rings. The zero-order valence-corrected chi connectivity index (χ0v) is 18.9. The molecular weight excluding hydrogens is 472 g/mol. The molecule has 0 fully saturated rings. The number of carbonyl (C=O) groups is 2. The van der Waals surface area contributed by atoms with Crippen LogP contribution in [0.4, 0.5) is 0 Å². The van der Waals surface area contributed by atoms with Crippen LogP contribution in [0.1, 0.15) is 24.9 Å². The van der Waals surface area contributed by atoms with Gasteiger partial charge in [0.15, 0.2) is 0 Å². The Morgan fingerprint density at radius 1 is 0.897 bits per heavy atom. The molecule has 148 valence electrons. The summed E-state index contributed by atoms with van der Waals surface area (Å²) in [5.41, 5.74) is 1.04. The van der Waals surface area contributed by atoms with E-state index in [0.29, 0.717) is 9.75 Å². The number of carbonyl (C=O) groups excluding carboxylic acids is 2. The molecule has 0 spiro atoms. The summed E-state index contributed by atoms with van der Waals surface area (Å²) >= 11 is 6.31. The Bertz CT molecular complexity index is 1210. The first kappa shape index (κ1) is 21.2. The zero-order valence-electron chi connectivity index (χ0n) is 15.7. The molecule has 0 atom stereocenters. The van der Waals surface area contributed by atoms with Gasteiger partial charge in [-0.15, -0.1) is 22.7 Å². The molecule has 2 heterocycles. The van der Waals surface area contributed by atoms with Gasteiger partial charge in [0, 0.05) is 24.6 Å². The first-order chi connectivity index (χ1) is 14.0. The van der Waals surface area contributed by atoms with E-state index in [0.717, 1.165) is 30.2 Å². The van der Waals surface area contributed by atoms with Crippen molar-refractivity contribution in [3.8, 4) is 0 Å². The third-order valence-corrected chi connectivity index (χ3v) is 6.95. The highest BCUT2D eigenvalue weighted by Crippen LogP contribution is 2.31. The van der Waals surface area contributed by atoms with E-state index in [9.17, 15) is 9.59 Å². The third kappa shape index (κ3) is 4.58. The molecule has 0 unspecified atom stereocenters. The van der Waals surface area contributed by atoms with Gasteiger partial charge in [0.05, 0.1) is 14.2 Å². The number of hydrogen-bond acceptors (Lipinski definition) is 6. The highest BCUT2D eigenvalue weighted by molar-refractivity contribution is 9.10. The maximum absolute atomic E-state index is 11.3. The molecule has 29 heavy (non-hydrogen) atoms. The first-order valence-electron chi connectivity index (χ1n) is 8.48. The van der Waals surface area contributed by atoms with Crippen LogP contribution in [0.2, 0.25) is 0 Å². The highest BCUT2D eigenvalue weighted by atomic mass is 79.9. The van der Waals surface area contributed by atoms with Gasteiger partial charge < -0.3 is 9.47 Å². The van der Waals surface area contributed by atoms with E-state index < -0.39 is 0 Å². The fraction of sp³-hybridized carbons (Fsp3) is 0.0909. The standard InChI is InChI=1S/C12H10O2S.C10H7BrO2S/c1-3-8-5-4-6-10-9(8)7-11(15-10)12(13)14-2;1-13-10(12)9-5-6-7(11)3-2-4-8(6)14-9/h3-7H,1H2,2H3;2-5H,1H3. The highest BCUT2D eigenvalue weighted by Gasteiger charge is 2.12. The second-order valence-corrected chi connectivity index (χ2v) is 8.84. The Morgan fingerprint density at radius 3 is 1.93 bits per heavy atom. The molecule has 7 heteroatoms. The van der Waals surface area contributed by atoms with Crippen molar-refractivity contribution in [2.75, 3.05) is 14.2 Å². The quantitative estimate of drug-likeness (QED) is 0.298. The predicted molar refractivity (Wildman–Crippen MR) is 124 cm³/mol. The molecule has 0 radical (unpaired) electrons. The van der Waals surface area contributed by atoms with Crippen LogP contribution in [-0.2, 0) is 9.47 Å². The zero-order chi connectivity index (χ0) is 21.0. The molecule has 0 aliphatic heterocycles. The second-order valence-electron chi connectivity index (χ2n) is 5.82. The maximum Gasteiger partial charge on any atom is 0.348 e. The Balaban J connectivity index is 0.000000166. The van der Waals surface area contributed by atoms with Crippen LogP contribution in [0, 0.1) is 0 Å². The van der Waals surface area contributed by atoms with E-state index in [1.807, 2.05) is 48.5 Å². The Labute approximate surface area is 184 Å². The Kier molecular flexibility index (Phi) is 6.84. The lowest BCUT2D eigenvalue weighted by Crippen LogP contribution is -1.96. The van der Waals surface area contributed by atoms with Crippen molar-refractivity contribution in [3.05, 3.63) is 74.9 Å². The normalized spacial score (nSPS) is 10.3. The van der Waals surface area contributed by atoms with Crippen LogP contribution in [0.15, 0.2) is 59.6 Å². The van der Waals surface area contributed by atoms with Gasteiger partial charge in [-0.1, -0.05) is 46.8 Å². The number of halogens is 1. The summed E-state index contributed by atoms with van der Waals surface area (Å²) in [6.45, 7) is 3.74. The summed E-state index contributed by atoms with van der Waals surface area (Å²) in [7, 11) is 2.78. The summed E-state index contributed by atoms with van der Waals surface area (Å²) in [4.78, 5) is 23.9. The third-order valence-electron chi connectivity index (χ3n) is 4.10. The van der Waals surface area contributed by atoms with Gasteiger partial charge in [0.25, 0.3) is 0 Å². The van der Waals surface area contributed by atoms with Crippen molar-refractivity contribution in [2.24, 2.45) is 0 Å². The minimum Gasteiger partial charge on any atom is -0.465 e. The van der Waals surface area contributed by atoms with Crippen molar-refractivity contribution in [1.29, 1.82) is 0 Å². The number of thiophene rings is 2. The average Bonchev–Trinajstić information content (AvgIpc) is 3.38. The summed E-state index contributed by atoms with van der Waals surface area (Å²) in [5, 5.41) is 2.11. The SMILES string of the molecule is C=Cc1cccc2sc(C(=O)OC)cc12.COC(=O)c1cc2c(Br)cccc2s1.